The average molecular weight is 239 g/mol. The molecular formula is C15H17N3. The summed E-state index contributed by atoms with van der Waals surface area (Å²) in [5, 5.41) is 0. The Labute approximate surface area is 108 Å². The van der Waals surface area contributed by atoms with E-state index in [9.17, 15) is 0 Å². The van der Waals surface area contributed by atoms with E-state index in [2.05, 4.69) is 53.0 Å². The van der Waals surface area contributed by atoms with Gasteiger partial charge in [0.2, 0.25) is 0 Å². The summed E-state index contributed by atoms with van der Waals surface area (Å²) in [6.07, 6.45) is 0. The SMILES string of the molecule is Cc1nc(C)c(C)c(N2Cc3ccccc3C2)n1. The van der Waals surface area contributed by atoms with Gasteiger partial charge in [-0.05, 0) is 31.9 Å². The molecule has 0 bridgehead atoms. The van der Waals surface area contributed by atoms with Crippen molar-refractivity contribution in [3.05, 3.63) is 52.5 Å². The average Bonchev–Trinajstić information content (AvgIpc) is 2.77. The summed E-state index contributed by atoms with van der Waals surface area (Å²) >= 11 is 0. The van der Waals surface area contributed by atoms with Crippen molar-refractivity contribution in [1.82, 2.24) is 9.97 Å². The molecule has 0 spiro atoms. The third kappa shape index (κ3) is 1.76. The maximum atomic E-state index is 4.61. The van der Waals surface area contributed by atoms with Crippen LogP contribution in [0, 0.1) is 20.8 Å². The molecule has 1 aliphatic rings. The molecule has 18 heavy (non-hydrogen) atoms. The van der Waals surface area contributed by atoms with Crippen LogP contribution < -0.4 is 4.90 Å². The predicted molar refractivity (Wildman–Crippen MR) is 72.6 cm³/mol. The molecule has 2 aromatic rings. The first-order valence-electron chi connectivity index (χ1n) is 6.28. The first-order valence-corrected chi connectivity index (χ1v) is 6.28. The number of benzene rings is 1. The van der Waals surface area contributed by atoms with E-state index in [-0.39, 0.29) is 0 Å². The van der Waals surface area contributed by atoms with Crippen LogP contribution in [0.25, 0.3) is 0 Å². The van der Waals surface area contributed by atoms with Gasteiger partial charge in [-0.2, -0.15) is 0 Å². The summed E-state index contributed by atoms with van der Waals surface area (Å²) < 4.78 is 0. The van der Waals surface area contributed by atoms with Gasteiger partial charge in [0.05, 0.1) is 0 Å². The number of rotatable bonds is 1. The zero-order chi connectivity index (χ0) is 12.7. The number of fused-ring (bicyclic) bond motifs is 1. The first kappa shape index (κ1) is 11.2. The molecule has 0 N–H and O–H groups in total. The molecule has 0 amide bonds. The second-order valence-corrected chi connectivity index (χ2v) is 4.93. The van der Waals surface area contributed by atoms with E-state index in [1.165, 1.54) is 16.7 Å². The summed E-state index contributed by atoms with van der Waals surface area (Å²) in [6.45, 7) is 8.02. The Morgan fingerprint density at radius 3 is 2.17 bits per heavy atom. The molecule has 3 heteroatoms. The van der Waals surface area contributed by atoms with E-state index in [1.54, 1.807) is 0 Å². The van der Waals surface area contributed by atoms with Gasteiger partial charge >= 0.3 is 0 Å². The zero-order valence-electron chi connectivity index (χ0n) is 11.1. The van der Waals surface area contributed by atoms with Gasteiger partial charge in [-0.15, -0.1) is 0 Å². The predicted octanol–water partition coefficient (Wildman–Crippen LogP) is 2.92. The number of aryl methyl sites for hydroxylation is 2. The normalized spacial score (nSPS) is 13.8. The molecule has 92 valence electrons. The molecule has 0 radical (unpaired) electrons. The van der Waals surface area contributed by atoms with Crippen LogP contribution in [0.1, 0.15) is 28.2 Å². The molecule has 0 unspecified atom stereocenters. The number of hydrogen-bond acceptors (Lipinski definition) is 3. The topological polar surface area (TPSA) is 29.0 Å². The van der Waals surface area contributed by atoms with Gasteiger partial charge in [0, 0.05) is 24.3 Å². The Morgan fingerprint density at radius 2 is 1.56 bits per heavy atom. The fourth-order valence-corrected chi connectivity index (χ4v) is 2.54. The highest BCUT2D eigenvalue weighted by molar-refractivity contribution is 5.52. The number of anilines is 1. The lowest BCUT2D eigenvalue weighted by Crippen LogP contribution is -2.18. The summed E-state index contributed by atoms with van der Waals surface area (Å²) in [4.78, 5) is 11.4. The van der Waals surface area contributed by atoms with Crippen molar-refractivity contribution in [2.24, 2.45) is 0 Å². The summed E-state index contributed by atoms with van der Waals surface area (Å²) in [6, 6.07) is 8.61. The van der Waals surface area contributed by atoms with Crippen molar-refractivity contribution in [3.63, 3.8) is 0 Å². The van der Waals surface area contributed by atoms with Crippen LogP contribution in [-0.4, -0.2) is 9.97 Å². The molecule has 3 nitrogen and oxygen atoms in total. The molecule has 1 aromatic carbocycles. The van der Waals surface area contributed by atoms with E-state index in [0.717, 1.165) is 30.4 Å². The van der Waals surface area contributed by atoms with Crippen molar-refractivity contribution in [1.29, 1.82) is 0 Å². The van der Waals surface area contributed by atoms with Crippen LogP contribution in [0.15, 0.2) is 24.3 Å². The molecule has 3 rings (SSSR count). The van der Waals surface area contributed by atoms with Crippen molar-refractivity contribution < 1.29 is 0 Å². The molecule has 0 aliphatic carbocycles. The van der Waals surface area contributed by atoms with Crippen LogP contribution >= 0.6 is 0 Å². The lowest BCUT2D eigenvalue weighted by Gasteiger charge is -2.20. The van der Waals surface area contributed by atoms with Crippen LogP contribution in [0.5, 0.6) is 0 Å². The fourth-order valence-electron chi connectivity index (χ4n) is 2.54. The van der Waals surface area contributed by atoms with Crippen molar-refractivity contribution in [2.75, 3.05) is 4.90 Å². The number of nitrogens with zero attached hydrogens (tertiary/aromatic N) is 3. The second-order valence-electron chi connectivity index (χ2n) is 4.93. The summed E-state index contributed by atoms with van der Waals surface area (Å²) in [5.74, 6) is 1.93. The minimum atomic E-state index is 0.851. The molecule has 1 aliphatic heterocycles. The van der Waals surface area contributed by atoms with E-state index in [4.69, 9.17) is 0 Å². The van der Waals surface area contributed by atoms with Gasteiger partial charge in [-0.25, -0.2) is 9.97 Å². The molecule has 2 heterocycles. The van der Waals surface area contributed by atoms with E-state index in [0.29, 0.717) is 0 Å². The van der Waals surface area contributed by atoms with Crippen LogP contribution in [0.4, 0.5) is 5.82 Å². The Kier molecular flexibility index (Phi) is 2.54. The standard InChI is InChI=1S/C15H17N3/c1-10-11(2)16-12(3)17-15(10)18-8-13-6-4-5-7-14(13)9-18/h4-7H,8-9H2,1-3H3. The van der Waals surface area contributed by atoms with Crippen LogP contribution in [0.3, 0.4) is 0 Å². The van der Waals surface area contributed by atoms with E-state index >= 15 is 0 Å². The second kappa shape index (κ2) is 4.09. The van der Waals surface area contributed by atoms with Gasteiger partial charge in [-0.1, -0.05) is 24.3 Å². The molecule has 0 fully saturated rings. The van der Waals surface area contributed by atoms with Gasteiger partial charge < -0.3 is 4.90 Å². The van der Waals surface area contributed by atoms with Crippen LogP contribution in [0.2, 0.25) is 0 Å². The maximum absolute atomic E-state index is 4.61. The molecular weight excluding hydrogens is 222 g/mol. The molecule has 0 saturated carbocycles. The molecule has 0 atom stereocenters. The Hall–Kier alpha value is -1.90. The minimum absolute atomic E-state index is 0.851. The summed E-state index contributed by atoms with van der Waals surface area (Å²) in [5.41, 5.74) is 5.08. The molecule has 0 saturated heterocycles. The van der Waals surface area contributed by atoms with Gasteiger partial charge in [0.15, 0.2) is 0 Å². The fraction of sp³-hybridized carbons (Fsp3) is 0.333. The number of aromatic nitrogens is 2. The highest BCUT2D eigenvalue weighted by atomic mass is 15.2. The minimum Gasteiger partial charge on any atom is -0.348 e. The quantitative estimate of drug-likeness (QED) is 0.766. The lowest BCUT2D eigenvalue weighted by molar-refractivity contribution is 0.827. The van der Waals surface area contributed by atoms with Crippen molar-refractivity contribution >= 4 is 5.82 Å². The highest BCUT2D eigenvalue weighted by Gasteiger charge is 2.21. The van der Waals surface area contributed by atoms with Crippen molar-refractivity contribution in [2.45, 2.75) is 33.9 Å². The Bertz CT molecular complexity index is 580. The monoisotopic (exact) mass is 239 g/mol. The van der Waals surface area contributed by atoms with Crippen LogP contribution in [-0.2, 0) is 13.1 Å². The maximum Gasteiger partial charge on any atom is 0.136 e. The Morgan fingerprint density at radius 1 is 0.944 bits per heavy atom. The lowest BCUT2D eigenvalue weighted by atomic mass is 10.1. The Balaban J connectivity index is 2.00. The third-order valence-electron chi connectivity index (χ3n) is 3.62. The van der Waals surface area contributed by atoms with Crippen molar-refractivity contribution in [3.8, 4) is 0 Å². The molecule has 1 aromatic heterocycles. The smallest absolute Gasteiger partial charge is 0.136 e. The zero-order valence-corrected chi connectivity index (χ0v) is 11.1. The third-order valence-corrected chi connectivity index (χ3v) is 3.62. The summed E-state index contributed by atoms with van der Waals surface area (Å²) in [7, 11) is 0. The van der Waals surface area contributed by atoms with Gasteiger partial charge in [0.25, 0.3) is 0 Å². The van der Waals surface area contributed by atoms with E-state index in [1.807, 2.05) is 6.92 Å². The largest absolute Gasteiger partial charge is 0.348 e. The highest BCUT2D eigenvalue weighted by Crippen LogP contribution is 2.29. The first-order chi connectivity index (χ1) is 8.65. The number of hydrogen-bond donors (Lipinski definition) is 0. The van der Waals surface area contributed by atoms with Gasteiger partial charge in [-0.3, -0.25) is 0 Å². The van der Waals surface area contributed by atoms with E-state index < -0.39 is 0 Å². The van der Waals surface area contributed by atoms with Gasteiger partial charge in [0.1, 0.15) is 11.6 Å².